The minimum Gasteiger partial charge on any atom is -0.368 e. The molecule has 1 aromatic heterocycles. The second-order valence-electron chi connectivity index (χ2n) is 11.6. The number of amides is 1. The maximum Gasteiger partial charge on any atom is 0.253 e. The Morgan fingerprint density at radius 3 is 2.22 bits per heavy atom. The molecule has 190 valence electrons. The molecule has 1 N–H and O–H groups in total. The number of aromatic amines is 1. The number of rotatable bonds is 5. The molecule has 5 nitrogen and oxygen atoms in total. The second kappa shape index (κ2) is 10.5. The summed E-state index contributed by atoms with van der Waals surface area (Å²) in [7, 11) is 0. The third kappa shape index (κ3) is 5.35. The number of carbonyl (C=O) groups is 1. The fraction of sp³-hybridized carbons (Fsp3) is 0.484. The number of H-pyrrole nitrogens is 1. The van der Waals surface area contributed by atoms with Crippen molar-refractivity contribution in [1.29, 1.82) is 0 Å². The fourth-order valence-electron chi connectivity index (χ4n) is 6.22. The zero-order valence-electron chi connectivity index (χ0n) is 22.0. The van der Waals surface area contributed by atoms with E-state index >= 15 is 0 Å². The first-order valence-corrected chi connectivity index (χ1v) is 13.7. The van der Waals surface area contributed by atoms with Crippen LogP contribution in [-0.2, 0) is 0 Å². The Morgan fingerprint density at radius 1 is 0.917 bits per heavy atom. The smallest absolute Gasteiger partial charge is 0.253 e. The van der Waals surface area contributed by atoms with Crippen LogP contribution in [0.4, 0.5) is 5.69 Å². The van der Waals surface area contributed by atoms with Crippen LogP contribution in [0.2, 0.25) is 0 Å². The van der Waals surface area contributed by atoms with Gasteiger partial charge in [-0.05, 0) is 48.4 Å². The quantitative estimate of drug-likeness (QED) is 0.436. The molecule has 1 atom stereocenters. The summed E-state index contributed by atoms with van der Waals surface area (Å²) in [4.78, 5) is 26.1. The molecule has 1 unspecified atom stereocenters. The Bertz CT molecular complexity index is 1130. The lowest BCUT2D eigenvalue weighted by Crippen LogP contribution is -2.48. The monoisotopic (exact) mass is 484 g/mol. The Balaban J connectivity index is 1.25. The normalized spacial score (nSPS) is 18.3. The molecule has 2 aromatic carbocycles. The number of hydrogen-bond donors (Lipinski definition) is 1. The molecule has 0 bridgehead atoms. The van der Waals surface area contributed by atoms with Gasteiger partial charge in [0, 0.05) is 55.1 Å². The maximum atomic E-state index is 13.2. The molecule has 1 saturated carbocycles. The molecule has 36 heavy (non-hydrogen) atoms. The van der Waals surface area contributed by atoms with E-state index in [0.717, 1.165) is 48.8 Å². The van der Waals surface area contributed by atoms with Crippen LogP contribution in [0.15, 0.2) is 60.8 Å². The van der Waals surface area contributed by atoms with Gasteiger partial charge < -0.3 is 14.8 Å². The van der Waals surface area contributed by atoms with Crippen LogP contribution < -0.4 is 4.90 Å². The summed E-state index contributed by atoms with van der Waals surface area (Å²) in [6.07, 6.45) is 8.67. The van der Waals surface area contributed by atoms with E-state index in [4.69, 9.17) is 4.98 Å². The van der Waals surface area contributed by atoms with Crippen molar-refractivity contribution in [3.63, 3.8) is 0 Å². The summed E-state index contributed by atoms with van der Waals surface area (Å²) in [6.45, 7) is 10.2. The number of piperazine rings is 1. The lowest BCUT2D eigenvalue weighted by atomic mass is 9.68. The van der Waals surface area contributed by atoms with Gasteiger partial charge >= 0.3 is 0 Å². The number of nitrogens with zero attached hydrogens (tertiary/aromatic N) is 3. The number of anilines is 1. The first kappa shape index (κ1) is 24.6. The van der Waals surface area contributed by atoms with Crippen molar-refractivity contribution in [2.75, 3.05) is 31.1 Å². The van der Waals surface area contributed by atoms with Crippen molar-refractivity contribution in [2.45, 2.75) is 58.8 Å². The molecule has 1 aliphatic carbocycles. The van der Waals surface area contributed by atoms with Gasteiger partial charge in [-0.15, -0.1) is 0 Å². The van der Waals surface area contributed by atoms with Crippen LogP contribution in [0.3, 0.4) is 0 Å². The molecule has 0 radical (unpaired) electrons. The van der Waals surface area contributed by atoms with E-state index in [-0.39, 0.29) is 11.3 Å². The van der Waals surface area contributed by atoms with Gasteiger partial charge in [-0.25, -0.2) is 4.98 Å². The SMILES string of the molecule is CC(C)(C)C(c1nc(-c2ccc(C(=O)N3CCN(c4ccccc4)CC3)cc2)c[nH]1)C1CCCCC1. The van der Waals surface area contributed by atoms with E-state index in [0.29, 0.717) is 11.8 Å². The Labute approximate surface area is 215 Å². The minimum absolute atomic E-state index is 0.113. The summed E-state index contributed by atoms with van der Waals surface area (Å²) >= 11 is 0. The molecular formula is C31H40N4O. The van der Waals surface area contributed by atoms with Crippen LogP contribution >= 0.6 is 0 Å². The number of hydrogen-bond acceptors (Lipinski definition) is 3. The van der Waals surface area contributed by atoms with Crippen LogP contribution in [0.25, 0.3) is 11.3 Å². The standard InChI is InChI=1S/C31H40N4O/c1-31(2,3)28(24-10-6-4-7-11-24)29-32-22-27(33-29)23-14-16-25(17-15-23)30(36)35-20-18-34(19-21-35)26-12-8-5-9-13-26/h5,8-9,12-17,22,24,28H,4,6-7,10-11,18-21H2,1-3H3,(H,32,33). The van der Waals surface area contributed by atoms with Crippen molar-refractivity contribution in [2.24, 2.45) is 11.3 Å². The number of carbonyl (C=O) groups excluding carboxylic acids is 1. The first-order chi connectivity index (χ1) is 17.4. The highest BCUT2D eigenvalue weighted by Crippen LogP contribution is 2.45. The number of imidazole rings is 1. The summed E-state index contributed by atoms with van der Waals surface area (Å²) in [6, 6.07) is 18.4. The number of nitrogens with one attached hydrogen (secondary N) is 1. The van der Waals surface area contributed by atoms with Crippen LogP contribution in [0, 0.1) is 11.3 Å². The largest absolute Gasteiger partial charge is 0.368 e. The Kier molecular flexibility index (Phi) is 7.17. The number of aromatic nitrogens is 2. The van der Waals surface area contributed by atoms with Gasteiger partial charge in [0.2, 0.25) is 0 Å². The van der Waals surface area contributed by atoms with E-state index < -0.39 is 0 Å². The molecule has 1 amide bonds. The molecule has 3 aromatic rings. The summed E-state index contributed by atoms with van der Waals surface area (Å²) in [5.74, 6) is 2.35. The lowest BCUT2D eigenvalue weighted by molar-refractivity contribution is 0.0747. The average molecular weight is 485 g/mol. The van der Waals surface area contributed by atoms with Crippen LogP contribution in [0.5, 0.6) is 0 Å². The van der Waals surface area contributed by atoms with Gasteiger partial charge in [-0.1, -0.05) is 70.4 Å². The average Bonchev–Trinajstić information content (AvgIpc) is 3.38. The molecule has 1 aliphatic heterocycles. The number of para-hydroxylation sites is 1. The molecule has 5 heteroatoms. The highest BCUT2D eigenvalue weighted by atomic mass is 16.2. The zero-order chi connectivity index (χ0) is 25.1. The van der Waals surface area contributed by atoms with E-state index in [1.54, 1.807) is 0 Å². The number of benzene rings is 2. The summed E-state index contributed by atoms with van der Waals surface area (Å²) < 4.78 is 0. The first-order valence-electron chi connectivity index (χ1n) is 13.7. The van der Waals surface area contributed by atoms with Crippen LogP contribution in [-0.4, -0.2) is 47.0 Å². The van der Waals surface area contributed by atoms with Gasteiger partial charge in [-0.3, -0.25) is 4.79 Å². The predicted molar refractivity (Wildman–Crippen MR) is 147 cm³/mol. The fourth-order valence-corrected chi connectivity index (χ4v) is 6.22. The van der Waals surface area contributed by atoms with Crippen LogP contribution in [0.1, 0.15) is 75.0 Å². The Hall–Kier alpha value is -3.08. The van der Waals surface area contributed by atoms with Gasteiger partial charge in [0.15, 0.2) is 0 Å². The van der Waals surface area contributed by atoms with Crippen molar-refractivity contribution in [1.82, 2.24) is 14.9 Å². The predicted octanol–water partition coefficient (Wildman–Crippen LogP) is 6.75. The molecule has 0 spiro atoms. The minimum atomic E-state index is 0.113. The van der Waals surface area contributed by atoms with Gasteiger partial charge in [0.1, 0.15) is 5.82 Å². The van der Waals surface area contributed by atoms with E-state index in [1.807, 2.05) is 41.4 Å². The summed E-state index contributed by atoms with van der Waals surface area (Å²) in [5, 5.41) is 0. The van der Waals surface area contributed by atoms with E-state index in [9.17, 15) is 4.79 Å². The summed E-state index contributed by atoms with van der Waals surface area (Å²) in [5.41, 5.74) is 4.16. The van der Waals surface area contributed by atoms with Crippen molar-refractivity contribution >= 4 is 11.6 Å². The van der Waals surface area contributed by atoms with Crippen molar-refractivity contribution in [3.05, 3.63) is 72.2 Å². The molecular weight excluding hydrogens is 444 g/mol. The van der Waals surface area contributed by atoms with Gasteiger partial charge in [-0.2, -0.15) is 0 Å². The molecule has 2 heterocycles. The molecule has 2 aliphatic rings. The molecule has 5 rings (SSSR count). The zero-order valence-corrected chi connectivity index (χ0v) is 22.0. The highest BCUT2D eigenvalue weighted by Gasteiger charge is 2.36. The van der Waals surface area contributed by atoms with E-state index in [2.05, 4.69) is 54.9 Å². The van der Waals surface area contributed by atoms with Crippen molar-refractivity contribution < 1.29 is 4.79 Å². The van der Waals surface area contributed by atoms with Gasteiger partial charge in [0.25, 0.3) is 5.91 Å². The third-order valence-electron chi connectivity index (χ3n) is 8.06. The van der Waals surface area contributed by atoms with Crippen molar-refractivity contribution in [3.8, 4) is 11.3 Å². The Morgan fingerprint density at radius 2 is 1.58 bits per heavy atom. The second-order valence-corrected chi connectivity index (χ2v) is 11.6. The highest BCUT2D eigenvalue weighted by molar-refractivity contribution is 5.94. The molecule has 1 saturated heterocycles. The molecule has 2 fully saturated rings. The van der Waals surface area contributed by atoms with E-state index in [1.165, 1.54) is 37.8 Å². The van der Waals surface area contributed by atoms with Gasteiger partial charge in [0.05, 0.1) is 5.69 Å². The lowest BCUT2D eigenvalue weighted by Gasteiger charge is -2.37. The third-order valence-corrected chi connectivity index (χ3v) is 8.06. The topological polar surface area (TPSA) is 52.2 Å². The maximum absolute atomic E-state index is 13.2.